The third kappa shape index (κ3) is 3.58. The van der Waals surface area contributed by atoms with Gasteiger partial charge in [-0.05, 0) is 30.3 Å². The van der Waals surface area contributed by atoms with Gasteiger partial charge in [0, 0.05) is 50.1 Å². The first-order valence-electron chi connectivity index (χ1n) is 9.32. The largest absolute Gasteiger partial charge is 0.365 e. The molecule has 3 heterocycles. The van der Waals surface area contributed by atoms with Crippen molar-refractivity contribution >= 4 is 22.8 Å². The molecule has 2 aromatic heterocycles. The van der Waals surface area contributed by atoms with Crippen LogP contribution in [0, 0.1) is 0 Å². The number of H-pyrrole nitrogens is 2. The van der Waals surface area contributed by atoms with Crippen LogP contribution >= 0.6 is 0 Å². The number of hydrogen-bond acceptors (Lipinski definition) is 3. The lowest BCUT2D eigenvalue weighted by molar-refractivity contribution is -0.132. The maximum atomic E-state index is 12.8. The third-order valence-corrected chi connectivity index (χ3v) is 5.04. The van der Waals surface area contributed by atoms with Gasteiger partial charge in [0.2, 0.25) is 5.91 Å². The predicted molar refractivity (Wildman–Crippen MR) is 102 cm³/mol. The summed E-state index contributed by atoms with van der Waals surface area (Å²) in [7, 11) is 0. The van der Waals surface area contributed by atoms with Crippen molar-refractivity contribution in [1.29, 1.82) is 0 Å². The molecule has 2 N–H and O–H groups in total. The summed E-state index contributed by atoms with van der Waals surface area (Å²) in [6, 6.07) is 9.38. The maximum Gasteiger partial charge on any atom is 0.254 e. The number of aryl methyl sites for hydroxylation is 1. The molecule has 3 aromatic rings. The number of imidazole rings is 1. The Morgan fingerprint density at radius 2 is 1.89 bits per heavy atom. The summed E-state index contributed by atoms with van der Waals surface area (Å²) < 4.78 is 0. The van der Waals surface area contributed by atoms with Gasteiger partial charge in [-0.15, -0.1) is 0 Å². The van der Waals surface area contributed by atoms with E-state index in [1.807, 2.05) is 53.3 Å². The average Bonchev–Trinajstić information content (AvgIpc) is 3.36. The summed E-state index contributed by atoms with van der Waals surface area (Å²) >= 11 is 0. The number of nitrogens with one attached hydrogen (secondary N) is 2. The first-order chi connectivity index (χ1) is 13.1. The van der Waals surface area contributed by atoms with Crippen LogP contribution in [0.1, 0.15) is 28.8 Å². The molecule has 0 spiro atoms. The number of nitrogens with zero attached hydrogens (tertiary/aromatic N) is 3. The van der Waals surface area contributed by atoms with E-state index in [1.165, 1.54) is 0 Å². The summed E-state index contributed by atoms with van der Waals surface area (Å²) in [6.45, 7) is 4.28. The first-order valence-corrected chi connectivity index (χ1v) is 9.32. The Balaban J connectivity index is 1.38. The Morgan fingerprint density at radius 3 is 2.59 bits per heavy atom. The topological polar surface area (TPSA) is 85.1 Å². The first kappa shape index (κ1) is 17.3. The summed E-state index contributed by atoms with van der Waals surface area (Å²) in [5.74, 6) is 1.01. The van der Waals surface area contributed by atoms with Crippen LogP contribution in [-0.2, 0) is 17.6 Å². The molecule has 1 aliphatic heterocycles. The number of amides is 2. The van der Waals surface area contributed by atoms with E-state index in [9.17, 15) is 9.59 Å². The van der Waals surface area contributed by atoms with Crippen LogP contribution in [-0.4, -0.2) is 62.7 Å². The number of piperazine rings is 1. The normalized spacial score (nSPS) is 14.7. The van der Waals surface area contributed by atoms with Crippen molar-refractivity contribution in [3.8, 4) is 0 Å². The average molecular weight is 365 g/mol. The van der Waals surface area contributed by atoms with E-state index in [1.54, 1.807) is 0 Å². The molecule has 0 radical (unpaired) electrons. The molecule has 1 aromatic carbocycles. The van der Waals surface area contributed by atoms with Gasteiger partial charge in [0.15, 0.2) is 0 Å². The van der Waals surface area contributed by atoms with Crippen LogP contribution < -0.4 is 0 Å². The van der Waals surface area contributed by atoms with E-state index in [0.29, 0.717) is 38.2 Å². The Labute approximate surface area is 157 Å². The van der Waals surface area contributed by atoms with Crippen LogP contribution in [0.5, 0.6) is 0 Å². The minimum atomic E-state index is 0.000940. The number of rotatable bonds is 4. The molecular weight excluding hydrogens is 342 g/mol. The molecule has 7 heteroatoms. The zero-order valence-electron chi connectivity index (χ0n) is 15.4. The molecule has 1 saturated heterocycles. The molecule has 0 saturated carbocycles. The van der Waals surface area contributed by atoms with Gasteiger partial charge in [-0.1, -0.05) is 6.92 Å². The lowest BCUT2D eigenvalue weighted by Gasteiger charge is -2.34. The fraction of sp³-hybridized carbons (Fsp3) is 0.350. The highest BCUT2D eigenvalue weighted by atomic mass is 16.2. The second kappa shape index (κ2) is 7.26. The van der Waals surface area contributed by atoms with E-state index in [2.05, 4.69) is 15.0 Å². The number of hydrogen-bond donors (Lipinski definition) is 2. The predicted octanol–water partition coefficient (Wildman–Crippen LogP) is 1.98. The molecule has 27 heavy (non-hydrogen) atoms. The summed E-state index contributed by atoms with van der Waals surface area (Å²) in [6.07, 6.45) is 3.02. The van der Waals surface area contributed by atoms with Crippen LogP contribution in [0.4, 0.5) is 0 Å². The summed E-state index contributed by atoms with van der Waals surface area (Å²) in [5, 5.41) is 0. The Kier molecular flexibility index (Phi) is 4.66. The van der Waals surface area contributed by atoms with Crippen molar-refractivity contribution in [1.82, 2.24) is 24.8 Å². The molecule has 7 nitrogen and oxygen atoms in total. The molecule has 0 atom stereocenters. The summed E-state index contributed by atoms with van der Waals surface area (Å²) in [4.78, 5) is 39.6. The lowest BCUT2D eigenvalue weighted by atomic mass is 10.1. The van der Waals surface area contributed by atoms with Crippen LogP contribution in [0.3, 0.4) is 0 Å². The molecule has 0 aliphatic carbocycles. The van der Waals surface area contributed by atoms with Crippen molar-refractivity contribution in [3.63, 3.8) is 0 Å². The van der Waals surface area contributed by atoms with Crippen LogP contribution in [0.25, 0.3) is 11.0 Å². The highest BCUT2D eigenvalue weighted by Gasteiger charge is 2.25. The Hall–Kier alpha value is -3.09. The van der Waals surface area contributed by atoms with Crippen molar-refractivity contribution in [2.75, 3.05) is 26.2 Å². The fourth-order valence-electron chi connectivity index (χ4n) is 3.46. The molecule has 0 bridgehead atoms. The van der Waals surface area contributed by atoms with E-state index in [4.69, 9.17) is 0 Å². The van der Waals surface area contributed by atoms with E-state index >= 15 is 0 Å². The minimum absolute atomic E-state index is 0.000940. The van der Waals surface area contributed by atoms with Crippen molar-refractivity contribution < 1.29 is 9.59 Å². The molecule has 0 unspecified atom stereocenters. The molecular formula is C20H23N5O2. The quantitative estimate of drug-likeness (QED) is 0.741. The van der Waals surface area contributed by atoms with Crippen molar-refractivity contribution in [2.45, 2.75) is 19.8 Å². The molecule has 2 amide bonds. The second-order valence-corrected chi connectivity index (χ2v) is 6.81. The number of fused-ring (bicyclic) bond motifs is 1. The van der Waals surface area contributed by atoms with Gasteiger partial charge < -0.3 is 19.8 Å². The van der Waals surface area contributed by atoms with E-state index in [0.717, 1.165) is 29.0 Å². The Morgan fingerprint density at radius 1 is 1.11 bits per heavy atom. The van der Waals surface area contributed by atoms with Gasteiger partial charge in [-0.3, -0.25) is 9.59 Å². The van der Waals surface area contributed by atoms with E-state index < -0.39 is 0 Å². The lowest BCUT2D eigenvalue weighted by Crippen LogP contribution is -2.51. The van der Waals surface area contributed by atoms with Gasteiger partial charge in [0.25, 0.3) is 5.91 Å². The maximum absolute atomic E-state index is 12.8. The van der Waals surface area contributed by atoms with Gasteiger partial charge in [-0.25, -0.2) is 4.98 Å². The standard InChI is InChI=1S/C20H23N5O2/c1-2-18-22-16-6-5-14(12-17(16)23-18)20(27)25-10-8-24(9-11-25)19(26)13-15-4-3-7-21-15/h3-7,12,21H,2,8-11,13H2,1H3,(H,22,23). The second-order valence-electron chi connectivity index (χ2n) is 6.81. The van der Waals surface area contributed by atoms with Gasteiger partial charge >= 0.3 is 0 Å². The number of aromatic nitrogens is 3. The number of benzene rings is 1. The fourth-order valence-corrected chi connectivity index (χ4v) is 3.46. The number of carbonyl (C=O) groups is 2. The van der Waals surface area contributed by atoms with Gasteiger partial charge in [0.1, 0.15) is 5.82 Å². The number of carbonyl (C=O) groups excluding carboxylic acids is 2. The monoisotopic (exact) mass is 365 g/mol. The smallest absolute Gasteiger partial charge is 0.254 e. The molecule has 1 aliphatic rings. The van der Waals surface area contributed by atoms with Crippen molar-refractivity contribution in [2.24, 2.45) is 0 Å². The molecule has 140 valence electrons. The number of aromatic amines is 2. The Bertz CT molecular complexity index is 952. The van der Waals surface area contributed by atoms with Crippen LogP contribution in [0.2, 0.25) is 0 Å². The zero-order chi connectivity index (χ0) is 18.8. The molecule has 1 fully saturated rings. The van der Waals surface area contributed by atoms with Crippen molar-refractivity contribution in [3.05, 3.63) is 53.6 Å². The minimum Gasteiger partial charge on any atom is -0.365 e. The van der Waals surface area contributed by atoms with Gasteiger partial charge in [0.05, 0.1) is 17.5 Å². The highest BCUT2D eigenvalue weighted by molar-refractivity contribution is 5.97. The highest BCUT2D eigenvalue weighted by Crippen LogP contribution is 2.17. The SMILES string of the molecule is CCc1nc2ccc(C(=O)N3CCN(C(=O)Cc4ccc[nH]4)CC3)cc2[nH]1. The zero-order valence-corrected chi connectivity index (χ0v) is 15.4. The van der Waals surface area contributed by atoms with E-state index in [-0.39, 0.29) is 11.8 Å². The van der Waals surface area contributed by atoms with Gasteiger partial charge in [-0.2, -0.15) is 0 Å². The summed E-state index contributed by atoms with van der Waals surface area (Å²) in [5.41, 5.74) is 3.33. The third-order valence-electron chi connectivity index (χ3n) is 5.04. The molecule has 4 rings (SSSR count). The van der Waals surface area contributed by atoms with Crippen LogP contribution in [0.15, 0.2) is 36.5 Å².